The molecule has 0 saturated carbocycles. The number of allylic oxidation sites excluding steroid dienone is 1. The van der Waals surface area contributed by atoms with Crippen molar-refractivity contribution in [1.82, 2.24) is 4.57 Å². The molecule has 0 aliphatic carbocycles. The van der Waals surface area contributed by atoms with Gasteiger partial charge < -0.3 is 13.9 Å². The van der Waals surface area contributed by atoms with E-state index in [1.165, 1.54) is 22.8 Å². The maximum Gasteiger partial charge on any atom is 0.433 e. The van der Waals surface area contributed by atoms with Crippen molar-refractivity contribution in [2.24, 2.45) is 4.99 Å². The zero-order valence-corrected chi connectivity index (χ0v) is 20.3. The Balaban J connectivity index is 1.88. The molecule has 182 valence electrons. The lowest BCUT2D eigenvalue weighted by atomic mass is 9.96. The van der Waals surface area contributed by atoms with Crippen molar-refractivity contribution in [2.45, 2.75) is 39.8 Å². The van der Waals surface area contributed by atoms with Crippen LogP contribution in [0.2, 0.25) is 0 Å². The zero-order chi connectivity index (χ0) is 25.3. The van der Waals surface area contributed by atoms with Crippen LogP contribution in [0.3, 0.4) is 0 Å². The molecule has 0 amide bonds. The molecule has 1 aliphatic heterocycles. The monoisotopic (exact) mass is 497 g/mol. The van der Waals surface area contributed by atoms with E-state index in [9.17, 15) is 19.7 Å². The van der Waals surface area contributed by atoms with Gasteiger partial charge in [-0.15, -0.1) is 0 Å². The maximum atomic E-state index is 13.5. The van der Waals surface area contributed by atoms with Gasteiger partial charge in [0.15, 0.2) is 4.80 Å². The van der Waals surface area contributed by atoms with E-state index in [0.717, 1.165) is 11.3 Å². The molecule has 11 heteroatoms. The number of aromatic nitrogens is 1. The van der Waals surface area contributed by atoms with Crippen molar-refractivity contribution in [3.8, 4) is 5.75 Å². The molecule has 0 fully saturated rings. The first-order valence-corrected chi connectivity index (χ1v) is 11.7. The molecule has 0 unspecified atom stereocenters. The van der Waals surface area contributed by atoms with Gasteiger partial charge in [0.2, 0.25) is 0 Å². The van der Waals surface area contributed by atoms with E-state index in [0.29, 0.717) is 21.8 Å². The number of nitrogens with zero attached hydrogens (tertiary/aromatic N) is 3. The first-order valence-electron chi connectivity index (χ1n) is 10.9. The summed E-state index contributed by atoms with van der Waals surface area (Å²) in [4.78, 5) is 41.6. The number of fused-ring (bicyclic) bond motifs is 1. The molecule has 0 spiro atoms. The van der Waals surface area contributed by atoms with E-state index < -0.39 is 28.4 Å². The largest absolute Gasteiger partial charge is 0.491 e. The second kappa shape index (κ2) is 9.71. The summed E-state index contributed by atoms with van der Waals surface area (Å²) in [6.07, 6.45) is 1.42. The quantitative estimate of drug-likeness (QED) is 0.279. The number of carbonyl (C=O) groups excluding carboxylic acids is 1. The van der Waals surface area contributed by atoms with E-state index in [-0.39, 0.29) is 28.6 Å². The average molecular weight is 498 g/mol. The summed E-state index contributed by atoms with van der Waals surface area (Å²) in [5.74, 6) is -0.160. The molecular formula is C24H23N3O7S. The molecule has 1 atom stereocenters. The molecule has 2 aromatic heterocycles. The molecule has 0 bridgehead atoms. The number of carbonyl (C=O) groups is 1. The number of esters is 1. The number of thiazole rings is 1. The Morgan fingerprint density at radius 3 is 2.60 bits per heavy atom. The van der Waals surface area contributed by atoms with Gasteiger partial charge >= 0.3 is 11.9 Å². The Morgan fingerprint density at radius 2 is 2.00 bits per heavy atom. The minimum atomic E-state index is -0.772. The van der Waals surface area contributed by atoms with Crippen molar-refractivity contribution in [3.63, 3.8) is 0 Å². The summed E-state index contributed by atoms with van der Waals surface area (Å²) in [7, 11) is 0. The number of hydrogen-bond donors (Lipinski definition) is 0. The van der Waals surface area contributed by atoms with Crippen LogP contribution in [-0.4, -0.2) is 28.2 Å². The summed E-state index contributed by atoms with van der Waals surface area (Å²) in [6.45, 7) is 7.42. The molecule has 3 heterocycles. The van der Waals surface area contributed by atoms with Crippen LogP contribution in [0.25, 0.3) is 6.08 Å². The Morgan fingerprint density at radius 1 is 1.29 bits per heavy atom. The normalized spacial score (nSPS) is 15.7. The summed E-state index contributed by atoms with van der Waals surface area (Å²) < 4.78 is 17.9. The van der Waals surface area contributed by atoms with Crippen molar-refractivity contribution >= 4 is 29.3 Å². The van der Waals surface area contributed by atoms with E-state index in [1.54, 1.807) is 38.1 Å². The van der Waals surface area contributed by atoms with Gasteiger partial charge in [-0.05, 0) is 51.5 Å². The van der Waals surface area contributed by atoms with Gasteiger partial charge in [0, 0.05) is 6.08 Å². The fraction of sp³-hybridized carbons (Fsp3) is 0.292. The lowest BCUT2D eigenvalue weighted by Gasteiger charge is -2.25. The van der Waals surface area contributed by atoms with Gasteiger partial charge in [-0.2, -0.15) is 0 Å². The van der Waals surface area contributed by atoms with Crippen LogP contribution in [0.4, 0.5) is 5.88 Å². The van der Waals surface area contributed by atoms with Gasteiger partial charge in [-0.1, -0.05) is 23.5 Å². The third kappa shape index (κ3) is 4.80. The van der Waals surface area contributed by atoms with Gasteiger partial charge in [-0.25, -0.2) is 9.79 Å². The minimum Gasteiger partial charge on any atom is -0.491 e. The molecular weight excluding hydrogens is 474 g/mol. The van der Waals surface area contributed by atoms with Crippen molar-refractivity contribution in [1.29, 1.82) is 0 Å². The van der Waals surface area contributed by atoms with E-state index in [2.05, 4.69) is 4.99 Å². The number of furan rings is 1. The topological polar surface area (TPSA) is 126 Å². The molecule has 0 saturated heterocycles. The van der Waals surface area contributed by atoms with Crippen LogP contribution in [-0.2, 0) is 9.53 Å². The van der Waals surface area contributed by atoms with Crippen molar-refractivity contribution < 1.29 is 23.6 Å². The highest BCUT2D eigenvalue weighted by Gasteiger charge is 2.33. The van der Waals surface area contributed by atoms with Crippen LogP contribution in [0, 0.1) is 10.1 Å². The van der Waals surface area contributed by atoms with Gasteiger partial charge in [0.25, 0.3) is 5.56 Å². The van der Waals surface area contributed by atoms with Crippen LogP contribution >= 0.6 is 11.3 Å². The summed E-state index contributed by atoms with van der Waals surface area (Å²) in [6, 6.07) is 9.02. The Kier molecular flexibility index (Phi) is 6.70. The number of benzene rings is 1. The molecule has 10 nitrogen and oxygen atoms in total. The fourth-order valence-electron chi connectivity index (χ4n) is 3.75. The highest BCUT2D eigenvalue weighted by molar-refractivity contribution is 7.07. The Labute approximate surface area is 203 Å². The van der Waals surface area contributed by atoms with E-state index in [1.807, 2.05) is 13.8 Å². The fourth-order valence-corrected chi connectivity index (χ4v) is 4.78. The second-order valence-corrected chi connectivity index (χ2v) is 8.98. The van der Waals surface area contributed by atoms with E-state index >= 15 is 0 Å². The molecule has 1 aliphatic rings. The zero-order valence-electron chi connectivity index (χ0n) is 19.5. The number of ether oxygens (including phenoxy) is 2. The molecule has 1 aromatic carbocycles. The smallest absolute Gasteiger partial charge is 0.433 e. The lowest BCUT2D eigenvalue weighted by Crippen LogP contribution is -2.39. The Bertz CT molecular complexity index is 1490. The lowest BCUT2D eigenvalue weighted by molar-refractivity contribution is -0.402. The maximum absolute atomic E-state index is 13.5. The van der Waals surface area contributed by atoms with Gasteiger partial charge in [-0.3, -0.25) is 19.5 Å². The highest BCUT2D eigenvalue weighted by Crippen LogP contribution is 2.31. The molecule has 0 N–H and O–H groups in total. The van der Waals surface area contributed by atoms with Gasteiger partial charge in [0.1, 0.15) is 16.4 Å². The number of rotatable bonds is 7. The average Bonchev–Trinajstić information content (AvgIpc) is 3.38. The predicted octanol–water partition coefficient (Wildman–Crippen LogP) is 3.09. The van der Waals surface area contributed by atoms with Crippen LogP contribution < -0.4 is 19.6 Å². The summed E-state index contributed by atoms with van der Waals surface area (Å²) in [5, 5.41) is 10.9. The number of hydrogen-bond acceptors (Lipinski definition) is 9. The summed E-state index contributed by atoms with van der Waals surface area (Å²) >= 11 is 1.10. The SMILES string of the molecule is CCOC(=O)C1=C(C)N=c2s/c(=C\c3ccc([N+](=O)[O-])o3)c(=O)n2[C@H]1c1ccc(OC(C)C)cc1. The summed E-state index contributed by atoms with van der Waals surface area (Å²) in [5.41, 5.74) is 0.976. The van der Waals surface area contributed by atoms with Crippen LogP contribution in [0.5, 0.6) is 5.75 Å². The third-order valence-corrected chi connectivity index (χ3v) is 6.13. The van der Waals surface area contributed by atoms with Crippen molar-refractivity contribution in [2.75, 3.05) is 6.61 Å². The molecule has 0 radical (unpaired) electrons. The molecule has 3 aromatic rings. The molecule has 35 heavy (non-hydrogen) atoms. The van der Waals surface area contributed by atoms with E-state index in [4.69, 9.17) is 13.9 Å². The van der Waals surface area contributed by atoms with Crippen molar-refractivity contribution in [3.05, 3.63) is 88.8 Å². The predicted molar refractivity (Wildman–Crippen MR) is 128 cm³/mol. The first kappa shape index (κ1) is 24.1. The van der Waals surface area contributed by atoms with Gasteiger partial charge in [0.05, 0.1) is 40.6 Å². The second-order valence-electron chi connectivity index (χ2n) is 7.97. The third-order valence-electron chi connectivity index (χ3n) is 5.15. The highest BCUT2D eigenvalue weighted by atomic mass is 32.1. The first-order chi connectivity index (χ1) is 16.7. The minimum absolute atomic E-state index is 0.00631. The standard InChI is InChI=1S/C24H23N3O7S/c1-5-32-23(29)20-14(4)25-24-26(21(20)15-6-8-16(9-7-15)33-13(2)3)22(28)18(35-24)12-17-10-11-19(34-17)27(30)31/h6-13,21H,5H2,1-4H3/b18-12-/t21-/m0/s1. The number of nitro groups is 1. The molecule has 4 rings (SSSR count). The van der Waals surface area contributed by atoms with Crippen LogP contribution in [0.15, 0.2) is 61.9 Å². The van der Waals surface area contributed by atoms with Crippen LogP contribution in [0.1, 0.15) is 45.1 Å². The Hall–Kier alpha value is -3.99.